The lowest BCUT2D eigenvalue weighted by Gasteiger charge is -2.26. The highest BCUT2D eigenvalue weighted by Crippen LogP contribution is 2.22. The third-order valence-corrected chi connectivity index (χ3v) is 6.43. The van der Waals surface area contributed by atoms with Crippen LogP contribution in [0.3, 0.4) is 0 Å². The number of carbonyl (C=O) groups excluding carboxylic acids is 1. The molecule has 6 heteroatoms. The molecule has 1 aromatic carbocycles. The number of carbonyl (C=O) groups is 1. The van der Waals surface area contributed by atoms with Gasteiger partial charge in [0.15, 0.2) is 0 Å². The summed E-state index contributed by atoms with van der Waals surface area (Å²) in [5.74, 6) is 0.676. The van der Waals surface area contributed by atoms with Crippen molar-refractivity contribution in [1.29, 1.82) is 0 Å². The van der Waals surface area contributed by atoms with Crippen LogP contribution in [-0.4, -0.2) is 53.0 Å². The molecule has 6 nitrogen and oxygen atoms in total. The van der Waals surface area contributed by atoms with Crippen LogP contribution < -0.4 is 10.6 Å². The van der Waals surface area contributed by atoms with Crippen molar-refractivity contribution in [2.75, 3.05) is 31.5 Å². The normalized spacial score (nSPS) is 17.9. The number of aromatic nitrogens is 2. The smallest absolute Gasteiger partial charge is 0.251 e. The zero-order valence-corrected chi connectivity index (χ0v) is 18.5. The number of amides is 1. The van der Waals surface area contributed by atoms with Gasteiger partial charge in [-0.2, -0.15) is 0 Å². The third kappa shape index (κ3) is 6.50. The summed E-state index contributed by atoms with van der Waals surface area (Å²) in [6.07, 6.45) is 14.9. The maximum Gasteiger partial charge on any atom is 0.251 e. The number of anilines is 1. The molecule has 2 aliphatic rings. The van der Waals surface area contributed by atoms with Gasteiger partial charge in [-0.05, 0) is 69.4 Å². The van der Waals surface area contributed by atoms with Gasteiger partial charge in [0.25, 0.3) is 5.91 Å². The molecule has 4 rings (SSSR count). The minimum absolute atomic E-state index is 0.0167. The standard InChI is InChI=1S/C25H35N5O/c31-24(26-13-8-16-30-14-5-2-6-15-30)21-10-7-9-20(17-21)22-18-27-25(28-19-22)29-23-11-3-1-4-12-23/h7,9-10,17-19,23H,1-6,8,11-16H2,(H,26,31)(H,27,28,29). The Balaban J connectivity index is 1.28. The van der Waals surface area contributed by atoms with E-state index < -0.39 is 0 Å². The Morgan fingerprint density at radius 2 is 1.71 bits per heavy atom. The topological polar surface area (TPSA) is 70.2 Å². The molecular formula is C25H35N5O. The Kier molecular flexibility index (Phi) is 7.88. The van der Waals surface area contributed by atoms with Crippen molar-refractivity contribution >= 4 is 11.9 Å². The summed E-state index contributed by atoms with van der Waals surface area (Å²) in [6.45, 7) is 4.18. The van der Waals surface area contributed by atoms with Crippen LogP contribution >= 0.6 is 0 Å². The minimum Gasteiger partial charge on any atom is -0.352 e. The Bertz CT molecular complexity index is 826. The van der Waals surface area contributed by atoms with Crippen LogP contribution in [0.2, 0.25) is 0 Å². The highest BCUT2D eigenvalue weighted by Gasteiger charge is 2.14. The summed E-state index contributed by atoms with van der Waals surface area (Å²) in [5, 5.41) is 6.52. The SMILES string of the molecule is O=C(NCCCN1CCCCC1)c1cccc(-c2cnc(NC3CCCCC3)nc2)c1. The highest BCUT2D eigenvalue weighted by atomic mass is 16.1. The molecule has 2 N–H and O–H groups in total. The molecule has 0 spiro atoms. The predicted molar refractivity (Wildman–Crippen MR) is 125 cm³/mol. The number of nitrogens with one attached hydrogen (secondary N) is 2. The first-order valence-electron chi connectivity index (χ1n) is 12.0. The molecule has 0 radical (unpaired) electrons. The number of rotatable bonds is 8. The Labute approximate surface area is 185 Å². The highest BCUT2D eigenvalue weighted by molar-refractivity contribution is 5.95. The van der Waals surface area contributed by atoms with Gasteiger partial charge in [0, 0.05) is 36.1 Å². The predicted octanol–water partition coefficient (Wildman–Crippen LogP) is 4.49. The van der Waals surface area contributed by atoms with Gasteiger partial charge in [-0.15, -0.1) is 0 Å². The van der Waals surface area contributed by atoms with E-state index in [0.717, 1.165) is 24.1 Å². The van der Waals surface area contributed by atoms with Gasteiger partial charge in [0.05, 0.1) is 0 Å². The molecule has 1 amide bonds. The lowest BCUT2D eigenvalue weighted by Crippen LogP contribution is -2.33. The second kappa shape index (κ2) is 11.2. The Morgan fingerprint density at radius 3 is 2.48 bits per heavy atom. The number of likely N-dealkylation sites (tertiary alicyclic amines) is 1. The van der Waals surface area contributed by atoms with Crippen molar-refractivity contribution in [3.63, 3.8) is 0 Å². The van der Waals surface area contributed by atoms with Crippen molar-refractivity contribution < 1.29 is 4.79 Å². The maximum atomic E-state index is 12.6. The first-order chi connectivity index (χ1) is 15.3. The number of nitrogens with zero attached hydrogens (tertiary/aromatic N) is 3. The van der Waals surface area contributed by atoms with Gasteiger partial charge in [-0.1, -0.05) is 37.8 Å². The number of benzene rings is 1. The number of hydrogen-bond acceptors (Lipinski definition) is 5. The van der Waals surface area contributed by atoms with Gasteiger partial charge in [-0.25, -0.2) is 9.97 Å². The van der Waals surface area contributed by atoms with Crippen molar-refractivity contribution in [2.24, 2.45) is 0 Å². The maximum absolute atomic E-state index is 12.6. The van der Waals surface area contributed by atoms with E-state index in [1.165, 1.54) is 64.5 Å². The average molecular weight is 422 g/mol. The van der Waals surface area contributed by atoms with Crippen LogP contribution in [0.4, 0.5) is 5.95 Å². The average Bonchev–Trinajstić information content (AvgIpc) is 2.84. The van der Waals surface area contributed by atoms with Crippen LogP contribution in [0.5, 0.6) is 0 Å². The molecular weight excluding hydrogens is 386 g/mol. The first kappa shape index (κ1) is 21.8. The summed E-state index contributed by atoms with van der Waals surface area (Å²) in [7, 11) is 0. The molecule has 1 aromatic heterocycles. The van der Waals surface area contributed by atoms with Crippen LogP contribution in [0.1, 0.15) is 68.1 Å². The molecule has 166 valence electrons. The van der Waals surface area contributed by atoms with E-state index in [9.17, 15) is 4.79 Å². The van der Waals surface area contributed by atoms with Gasteiger partial charge in [-0.3, -0.25) is 4.79 Å². The monoisotopic (exact) mass is 421 g/mol. The quantitative estimate of drug-likeness (QED) is 0.615. The molecule has 1 saturated carbocycles. The Hall–Kier alpha value is -2.47. The van der Waals surface area contributed by atoms with Gasteiger partial charge in [0.2, 0.25) is 5.95 Å². The van der Waals surface area contributed by atoms with Crippen molar-refractivity contribution in [2.45, 2.75) is 63.8 Å². The molecule has 1 aliphatic carbocycles. The summed E-state index contributed by atoms with van der Waals surface area (Å²) in [4.78, 5) is 24.1. The lowest BCUT2D eigenvalue weighted by molar-refractivity contribution is 0.0951. The molecule has 31 heavy (non-hydrogen) atoms. The molecule has 1 saturated heterocycles. The molecule has 2 aromatic rings. The fourth-order valence-electron chi connectivity index (χ4n) is 4.61. The second-order valence-corrected chi connectivity index (χ2v) is 8.87. The molecule has 0 bridgehead atoms. The summed E-state index contributed by atoms with van der Waals surface area (Å²) in [5.41, 5.74) is 2.57. The largest absolute Gasteiger partial charge is 0.352 e. The number of piperidine rings is 1. The van der Waals surface area contributed by atoms with Crippen molar-refractivity contribution in [3.8, 4) is 11.1 Å². The van der Waals surface area contributed by atoms with E-state index in [2.05, 4.69) is 25.5 Å². The first-order valence-corrected chi connectivity index (χ1v) is 12.0. The Morgan fingerprint density at radius 1 is 0.968 bits per heavy atom. The number of hydrogen-bond donors (Lipinski definition) is 2. The van der Waals surface area contributed by atoms with Crippen LogP contribution in [0.25, 0.3) is 11.1 Å². The van der Waals surface area contributed by atoms with E-state index in [1.54, 1.807) is 0 Å². The lowest BCUT2D eigenvalue weighted by atomic mass is 9.96. The van der Waals surface area contributed by atoms with Crippen LogP contribution in [0.15, 0.2) is 36.7 Å². The van der Waals surface area contributed by atoms with Gasteiger partial charge < -0.3 is 15.5 Å². The van der Waals surface area contributed by atoms with E-state index in [4.69, 9.17) is 0 Å². The van der Waals surface area contributed by atoms with Crippen LogP contribution in [-0.2, 0) is 0 Å². The van der Waals surface area contributed by atoms with Gasteiger partial charge in [0.1, 0.15) is 0 Å². The molecule has 0 atom stereocenters. The zero-order chi connectivity index (χ0) is 21.3. The molecule has 2 fully saturated rings. The van der Waals surface area contributed by atoms with Gasteiger partial charge >= 0.3 is 0 Å². The summed E-state index contributed by atoms with van der Waals surface area (Å²) < 4.78 is 0. The molecule has 0 unspecified atom stereocenters. The minimum atomic E-state index is -0.0167. The van der Waals surface area contributed by atoms with E-state index in [1.807, 2.05) is 36.7 Å². The van der Waals surface area contributed by atoms with E-state index in [-0.39, 0.29) is 5.91 Å². The van der Waals surface area contributed by atoms with Crippen LogP contribution in [0, 0.1) is 0 Å². The summed E-state index contributed by atoms with van der Waals surface area (Å²) >= 11 is 0. The fraction of sp³-hybridized carbons (Fsp3) is 0.560. The van der Waals surface area contributed by atoms with Crippen molar-refractivity contribution in [1.82, 2.24) is 20.2 Å². The third-order valence-electron chi connectivity index (χ3n) is 6.43. The molecule has 2 heterocycles. The van der Waals surface area contributed by atoms with E-state index >= 15 is 0 Å². The van der Waals surface area contributed by atoms with Crippen molar-refractivity contribution in [3.05, 3.63) is 42.2 Å². The second-order valence-electron chi connectivity index (χ2n) is 8.87. The fourth-order valence-corrected chi connectivity index (χ4v) is 4.61. The molecule has 1 aliphatic heterocycles. The zero-order valence-electron chi connectivity index (χ0n) is 18.5. The summed E-state index contributed by atoms with van der Waals surface area (Å²) in [6, 6.07) is 8.20. The van der Waals surface area contributed by atoms with E-state index in [0.29, 0.717) is 24.1 Å².